The fraction of sp³-hybridized carbons (Fsp3) is 0.667. The third-order valence-electron chi connectivity index (χ3n) is 3.54. The summed E-state index contributed by atoms with van der Waals surface area (Å²) in [6.07, 6.45) is 12.9. The first-order valence-electron chi connectivity index (χ1n) is 8.04. The fourth-order valence-corrected chi connectivity index (χ4v) is 4.59. The van der Waals surface area contributed by atoms with Crippen LogP contribution in [0.15, 0.2) is 30.3 Å². The third-order valence-corrected chi connectivity index (χ3v) is 6.03. The number of rotatable bonds is 11. The van der Waals surface area contributed by atoms with Gasteiger partial charge in [-0.2, -0.15) is 0 Å². The first kappa shape index (κ1) is 16.8. The second kappa shape index (κ2) is 11.6. The zero-order valence-corrected chi connectivity index (χ0v) is 14.4. The molecule has 108 valence electrons. The zero-order chi connectivity index (χ0) is 13.8. The molecule has 0 aliphatic carbocycles. The third kappa shape index (κ3) is 9.30. The quantitative estimate of drug-likeness (QED) is 0.380. The van der Waals surface area contributed by atoms with E-state index >= 15 is 0 Å². The van der Waals surface area contributed by atoms with Crippen LogP contribution >= 0.6 is 0 Å². The summed E-state index contributed by atoms with van der Waals surface area (Å²) in [5.41, 5.74) is 0. The van der Waals surface area contributed by atoms with Crippen LogP contribution in [-0.2, 0) is 0 Å². The molecule has 1 atom stereocenters. The molecule has 1 heteroatoms. The van der Waals surface area contributed by atoms with E-state index in [0.29, 0.717) is 15.0 Å². The molecule has 1 rings (SSSR count). The van der Waals surface area contributed by atoms with Gasteiger partial charge < -0.3 is 0 Å². The van der Waals surface area contributed by atoms with Gasteiger partial charge in [0.2, 0.25) is 0 Å². The van der Waals surface area contributed by atoms with Gasteiger partial charge in [0.25, 0.3) is 0 Å². The summed E-state index contributed by atoms with van der Waals surface area (Å²) in [5, 5.41) is 0. The molecular weight excluding hydrogens is 295 g/mol. The van der Waals surface area contributed by atoms with Crippen LogP contribution in [0.4, 0.5) is 0 Å². The monoisotopic (exact) mass is 326 g/mol. The summed E-state index contributed by atoms with van der Waals surface area (Å²) in [4.78, 5) is 0.898. The molecule has 0 radical (unpaired) electrons. The van der Waals surface area contributed by atoms with Gasteiger partial charge in [0, 0.05) is 0 Å². The van der Waals surface area contributed by atoms with E-state index in [1.165, 1.54) is 57.8 Å². The molecule has 0 fully saturated rings. The molecule has 0 nitrogen and oxygen atoms in total. The molecule has 0 amide bonds. The van der Waals surface area contributed by atoms with Gasteiger partial charge in [-0.3, -0.25) is 0 Å². The number of unbranched alkanes of at least 4 members (excludes halogenated alkanes) is 7. The van der Waals surface area contributed by atoms with Crippen LogP contribution in [0.1, 0.15) is 71.6 Å². The van der Waals surface area contributed by atoms with Crippen molar-refractivity contribution in [2.45, 2.75) is 76.5 Å². The Morgan fingerprint density at radius 1 is 0.842 bits per heavy atom. The maximum atomic E-state index is 2.42. The van der Waals surface area contributed by atoms with E-state index in [9.17, 15) is 0 Å². The van der Waals surface area contributed by atoms with Gasteiger partial charge in [-0.15, -0.1) is 0 Å². The molecule has 0 heterocycles. The van der Waals surface area contributed by atoms with Gasteiger partial charge in [-0.1, -0.05) is 0 Å². The van der Waals surface area contributed by atoms with Gasteiger partial charge >= 0.3 is 126 Å². The van der Waals surface area contributed by atoms with E-state index in [2.05, 4.69) is 44.2 Å². The molecule has 0 aromatic heterocycles. The number of hydrogen-bond acceptors (Lipinski definition) is 0. The summed E-state index contributed by atoms with van der Waals surface area (Å²) in [7, 11) is 0. The van der Waals surface area contributed by atoms with E-state index in [1.54, 1.807) is 4.46 Å². The molecule has 0 saturated heterocycles. The van der Waals surface area contributed by atoms with Gasteiger partial charge in [0.15, 0.2) is 0 Å². The Labute approximate surface area is 126 Å². The summed E-state index contributed by atoms with van der Waals surface area (Å²) >= 11 is 0.669. The van der Waals surface area contributed by atoms with Crippen molar-refractivity contribution in [3.63, 3.8) is 0 Å². The number of benzene rings is 1. The van der Waals surface area contributed by atoms with Crippen molar-refractivity contribution in [3.05, 3.63) is 30.3 Å². The van der Waals surface area contributed by atoms with Crippen molar-refractivity contribution in [1.82, 2.24) is 0 Å². The minimum atomic E-state index is 0.669. The predicted molar refractivity (Wildman–Crippen MR) is 88.5 cm³/mol. The Kier molecular flexibility index (Phi) is 10.2. The van der Waals surface area contributed by atoms with Crippen LogP contribution in [0, 0.1) is 0 Å². The Bertz CT molecular complexity index is 294. The van der Waals surface area contributed by atoms with E-state index in [1.807, 2.05) is 0 Å². The van der Waals surface area contributed by atoms with E-state index in [0.717, 1.165) is 4.82 Å². The topological polar surface area (TPSA) is 0 Å². The molecule has 0 N–H and O–H groups in total. The molecule has 0 aliphatic rings. The molecule has 1 aromatic carbocycles. The Morgan fingerprint density at radius 2 is 1.42 bits per heavy atom. The summed E-state index contributed by atoms with van der Waals surface area (Å²) in [5.74, 6) is 0. The fourth-order valence-electron chi connectivity index (χ4n) is 2.36. The SMILES string of the molecule is CCCCCCCCCCC(C)[Se]c1ccccc1. The molecule has 19 heavy (non-hydrogen) atoms. The van der Waals surface area contributed by atoms with Crippen molar-refractivity contribution < 1.29 is 0 Å². The van der Waals surface area contributed by atoms with Gasteiger partial charge in [0.1, 0.15) is 0 Å². The molecular formula is C18H30Se. The van der Waals surface area contributed by atoms with Crippen molar-refractivity contribution >= 4 is 19.4 Å². The summed E-state index contributed by atoms with van der Waals surface area (Å²) in [6, 6.07) is 11.0. The Morgan fingerprint density at radius 3 is 2.05 bits per heavy atom. The molecule has 0 bridgehead atoms. The van der Waals surface area contributed by atoms with Crippen LogP contribution in [0.25, 0.3) is 0 Å². The van der Waals surface area contributed by atoms with Gasteiger partial charge in [0.05, 0.1) is 0 Å². The number of hydrogen-bond donors (Lipinski definition) is 0. The molecule has 0 saturated carbocycles. The van der Waals surface area contributed by atoms with Crippen LogP contribution < -0.4 is 4.46 Å². The zero-order valence-electron chi connectivity index (χ0n) is 12.7. The van der Waals surface area contributed by atoms with Crippen molar-refractivity contribution in [2.75, 3.05) is 0 Å². The van der Waals surface area contributed by atoms with Crippen LogP contribution in [0.2, 0.25) is 4.82 Å². The molecule has 0 aliphatic heterocycles. The Hall–Kier alpha value is -0.261. The average molecular weight is 325 g/mol. The standard InChI is InChI=1S/C18H30Se/c1-3-4-5-6-7-8-9-11-14-17(2)19-18-15-12-10-13-16-18/h10,12-13,15-17H,3-9,11,14H2,1-2H3. The minimum absolute atomic E-state index is 0.669. The second-order valence-corrected chi connectivity index (χ2v) is 8.68. The van der Waals surface area contributed by atoms with Crippen LogP contribution in [-0.4, -0.2) is 15.0 Å². The van der Waals surface area contributed by atoms with Gasteiger partial charge in [-0.05, 0) is 0 Å². The molecule has 1 unspecified atom stereocenters. The van der Waals surface area contributed by atoms with E-state index in [-0.39, 0.29) is 0 Å². The van der Waals surface area contributed by atoms with Crippen molar-refractivity contribution in [3.8, 4) is 0 Å². The summed E-state index contributed by atoms with van der Waals surface area (Å²) < 4.78 is 1.56. The first-order valence-corrected chi connectivity index (χ1v) is 9.89. The second-order valence-electron chi connectivity index (χ2n) is 5.51. The summed E-state index contributed by atoms with van der Waals surface area (Å²) in [6.45, 7) is 4.71. The van der Waals surface area contributed by atoms with Crippen molar-refractivity contribution in [1.29, 1.82) is 0 Å². The molecule has 0 spiro atoms. The van der Waals surface area contributed by atoms with Crippen LogP contribution in [0.5, 0.6) is 0 Å². The van der Waals surface area contributed by atoms with Crippen LogP contribution in [0.3, 0.4) is 0 Å². The van der Waals surface area contributed by atoms with Gasteiger partial charge in [-0.25, -0.2) is 0 Å². The van der Waals surface area contributed by atoms with Crippen molar-refractivity contribution in [2.24, 2.45) is 0 Å². The maximum absolute atomic E-state index is 2.42. The van der Waals surface area contributed by atoms with E-state index < -0.39 is 0 Å². The predicted octanol–water partition coefficient (Wildman–Crippen LogP) is 5.36. The average Bonchev–Trinajstić information content (AvgIpc) is 2.43. The first-order chi connectivity index (χ1) is 9.33. The normalized spacial score (nSPS) is 12.5. The van der Waals surface area contributed by atoms with E-state index in [4.69, 9.17) is 0 Å². The Balaban J connectivity index is 1.94. The molecule has 1 aromatic rings.